The monoisotopic (exact) mass is 310 g/mol. The Morgan fingerprint density at radius 1 is 1.35 bits per heavy atom. The number of Topliss-reactive ketones (excluding diaryl/α,β-unsaturated/α-hetero) is 1. The van der Waals surface area contributed by atoms with Crippen molar-refractivity contribution in [3.63, 3.8) is 0 Å². The maximum atomic E-state index is 12.5. The lowest BCUT2D eigenvalue weighted by atomic mass is 9.96. The molecule has 23 heavy (non-hydrogen) atoms. The van der Waals surface area contributed by atoms with Crippen molar-refractivity contribution in [2.75, 3.05) is 13.1 Å². The van der Waals surface area contributed by atoms with E-state index in [2.05, 4.69) is 9.98 Å². The summed E-state index contributed by atoms with van der Waals surface area (Å²) in [5.74, 6) is -0.114. The number of amides is 1. The van der Waals surface area contributed by atoms with Crippen molar-refractivity contribution < 1.29 is 9.59 Å². The van der Waals surface area contributed by atoms with Gasteiger partial charge in [-0.2, -0.15) is 0 Å². The van der Waals surface area contributed by atoms with Crippen LogP contribution in [-0.2, 0) is 11.3 Å². The fraction of sp³-hybridized carbons (Fsp3) is 0.353. The summed E-state index contributed by atoms with van der Waals surface area (Å²) in [5, 5.41) is 0.933. The van der Waals surface area contributed by atoms with Gasteiger partial charge < -0.3 is 15.6 Å². The number of aromatic nitrogens is 1. The van der Waals surface area contributed by atoms with Gasteiger partial charge in [0.2, 0.25) is 5.91 Å². The molecule has 6 nitrogen and oxygen atoms in total. The molecule has 0 saturated heterocycles. The first-order valence-corrected chi connectivity index (χ1v) is 7.65. The zero-order valence-electron chi connectivity index (χ0n) is 13.1. The first kappa shape index (κ1) is 14.1. The van der Waals surface area contributed by atoms with Gasteiger partial charge in [-0.1, -0.05) is 12.1 Å². The summed E-state index contributed by atoms with van der Waals surface area (Å²) >= 11 is 0. The van der Waals surface area contributed by atoms with Crippen LogP contribution in [0.3, 0.4) is 0 Å². The molecule has 3 heterocycles. The summed E-state index contributed by atoms with van der Waals surface area (Å²) in [6, 6.07) is 5.67. The molecular weight excluding hydrogens is 292 g/mol. The molecule has 2 aliphatic rings. The molecule has 0 unspecified atom stereocenters. The van der Waals surface area contributed by atoms with Gasteiger partial charge in [0.1, 0.15) is 6.54 Å². The number of carbonyl (C=O) groups excluding carboxylic acids is 2. The van der Waals surface area contributed by atoms with Crippen molar-refractivity contribution in [1.82, 2.24) is 9.88 Å². The first-order chi connectivity index (χ1) is 10.9. The van der Waals surface area contributed by atoms with Gasteiger partial charge in [-0.25, -0.2) is 0 Å². The third-order valence-corrected chi connectivity index (χ3v) is 4.43. The number of H-pyrrole nitrogens is 1. The third-order valence-electron chi connectivity index (χ3n) is 4.43. The highest BCUT2D eigenvalue weighted by atomic mass is 16.2. The smallest absolute Gasteiger partial charge is 0.242 e. The number of nitrogens with zero attached hydrogens (tertiary/aromatic N) is 2. The van der Waals surface area contributed by atoms with Gasteiger partial charge in [-0.15, -0.1) is 0 Å². The summed E-state index contributed by atoms with van der Waals surface area (Å²) in [6.45, 7) is 4.37. The van der Waals surface area contributed by atoms with Gasteiger partial charge in [-0.3, -0.25) is 14.6 Å². The minimum Gasteiger partial charge on any atom is -0.356 e. The molecule has 0 spiro atoms. The van der Waals surface area contributed by atoms with Crippen molar-refractivity contribution in [2.45, 2.75) is 25.9 Å². The number of benzene rings is 1. The molecule has 0 atom stereocenters. The van der Waals surface area contributed by atoms with Crippen LogP contribution < -0.4 is 5.73 Å². The van der Waals surface area contributed by atoms with Gasteiger partial charge in [-0.05, 0) is 19.9 Å². The fourth-order valence-electron chi connectivity index (χ4n) is 3.41. The van der Waals surface area contributed by atoms with E-state index in [0.29, 0.717) is 18.7 Å². The number of aliphatic imine (C=N–C) groups is 1. The molecule has 0 radical (unpaired) electrons. The van der Waals surface area contributed by atoms with Crippen molar-refractivity contribution in [1.29, 1.82) is 0 Å². The van der Waals surface area contributed by atoms with Gasteiger partial charge in [0.05, 0.1) is 24.3 Å². The van der Waals surface area contributed by atoms with Crippen molar-refractivity contribution >= 4 is 28.3 Å². The summed E-state index contributed by atoms with van der Waals surface area (Å²) in [5.41, 5.74) is 9.34. The van der Waals surface area contributed by atoms with Gasteiger partial charge in [0, 0.05) is 27.7 Å². The van der Waals surface area contributed by atoms with Crippen LogP contribution in [0.15, 0.2) is 23.2 Å². The maximum Gasteiger partial charge on any atom is 0.242 e. The Morgan fingerprint density at radius 3 is 2.87 bits per heavy atom. The van der Waals surface area contributed by atoms with E-state index in [1.807, 2.05) is 18.2 Å². The SMILES string of the molecule is CC(C)(N)C(=O)N1CC2=NCC(=O)c3cccc4[nH]c(c2c34)C1. The maximum absolute atomic E-state index is 12.5. The topological polar surface area (TPSA) is 91.6 Å². The zero-order chi connectivity index (χ0) is 16.4. The molecule has 0 fully saturated rings. The standard InChI is InChI=1S/C17H18N4O2/c1-17(2,18)16(23)21-7-11-15-12(8-21)20-10-5-3-4-9(14(10)15)13(22)6-19-11/h3-5,20H,6-8,18H2,1-2H3. The van der Waals surface area contributed by atoms with E-state index in [0.717, 1.165) is 27.9 Å². The van der Waals surface area contributed by atoms with Crippen LogP contribution >= 0.6 is 0 Å². The Hall–Kier alpha value is -2.47. The summed E-state index contributed by atoms with van der Waals surface area (Å²) in [6.07, 6.45) is 0. The molecule has 3 N–H and O–H groups in total. The molecule has 118 valence electrons. The first-order valence-electron chi connectivity index (χ1n) is 7.65. The molecule has 0 aliphatic carbocycles. The molecule has 1 aromatic heterocycles. The normalized spacial score (nSPS) is 17.3. The van der Waals surface area contributed by atoms with E-state index in [1.54, 1.807) is 18.7 Å². The number of nitrogens with two attached hydrogens (primary N) is 1. The lowest BCUT2D eigenvalue weighted by Crippen LogP contribution is -2.53. The van der Waals surface area contributed by atoms with Crippen LogP contribution in [0.25, 0.3) is 10.9 Å². The number of nitrogens with one attached hydrogen (secondary N) is 1. The molecule has 0 saturated carbocycles. The van der Waals surface area contributed by atoms with Gasteiger partial charge in [0.25, 0.3) is 0 Å². The predicted octanol–water partition coefficient (Wildman–Crippen LogP) is 1.23. The van der Waals surface area contributed by atoms with E-state index in [4.69, 9.17) is 5.73 Å². The molecule has 1 aromatic carbocycles. The Balaban J connectivity index is 1.91. The summed E-state index contributed by atoms with van der Waals surface area (Å²) in [7, 11) is 0. The third kappa shape index (κ3) is 2.02. The van der Waals surface area contributed by atoms with Crippen LogP contribution in [-0.4, -0.2) is 45.9 Å². The predicted molar refractivity (Wildman–Crippen MR) is 87.7 cm³/mol. The number of carbonyl (C=O) groups is 2. The van der Waals surface area contributed by atoms with Gasteiger partial charge >= 0.3 is 0 Å². The number of aromatic amines is 1. The van der Waals surface area contributed by atoms with Crippen molar-refractivity contribution in [3.8, 4) is 0 Å². The fourth-order valence-corrected chi connectivity index (χ4v) is 3.41. The summed E-state index contributed by atoms with van der Waals surface area (Å²) < 4.78 is 0. The Kier molecular flexibility index (Phi) is 2.78. The highest BCUT2D eigenvalue weighted by molar-refractivity contribution is 6.22. The number of ketones is 1. The average molecular weight is 310 g/mol. The molecule has 0 bridgehead atoms. The van der Waals surface area contributed by atoms with E-state index in [9.17, 15) is 9.59 Å². The Bertz CT molecular complexity index is 886. The highest BCUT2D eigenvalue weighted by Gasteiger charge is 2.35. The average Bonchev–Trinajstić information content (AvgIpc) is 2.81. The van der Waals surface area contributed by atoms with Gasteiger partial charge in [0.15, 0.2) is 5.78 Å². The van der Waals surface area contributed by atoms with Crippen LogP contribution in [0.2, 0.25) is 0 Å². The van der Waals surface area contributed by atoms with Crippen molar-refractivity contribution in [3.05, 3.63) is 35.0 Å². The number of hydrogen-bond donors (Lipinski definition) is 2. The van der Waals surface area contributed by atoms with Crippen LogP contribution in [0.5, 0.6) is 0 Å². The van der Waals surface area contributed by atoms with Crippen LogP contribution in [0.4, 0.5) is 0 Å². The lowest BCUT2D eigenvalue weighted by Gasteiger charge is -2.32. The number of rotatable bonds is 1. The largest absolute Gasteiger partial charge is 0.356 e. The highest BCUT2D eigenvalue weighted by Crippen LogP contribution is 2.33. The quantitative estimate of drug-likeness (QED) is 0.830. The number of hydrogen-bond acceptors (Lipinski definition) is 4. The minimum absolute atomic E-state index is 0.0105. The minimum atomic E-state index is -0.935. The Labute approximate surface area is 133 Å². The second-order valence-corrected chi connectivity index (χ2v) is 6.78. The molecule has 4 rings (SSSR count). The van der Waals surface area contributed by atoms with Crippen molar-refractivity contribution in [2.24, 2.45) is 10.7 Å². The molecular formula is C17H18N4O2. The Morgan fingerprint density at radius 2 is 2.13 bits per heavy atom. The summed E-state index contributed by atoms with van der Waals surface area (Å²) in [4.78, 5) is 34.4. The molecule has 2 aliphatic heterocycles. The second kappa shape index (κ2) is 4.52. The molecule has 6 heteroatoms. The molecule has 1 amide bonds. The van der Waals surface area contributed by atoms with Crippen LogP contribution in [0, 0.1) is 0 Å². The van der Waals surface area contributed by atoms with Crippen LogP contribution in [0.1, 0.15) is 35.5 Å². The van der Waals surface area contributed by atoms with E-state index >= 15 is 0 Å². The second-order valence-electron chi connectivity index (χ2n) is 6.78. The van der Waals surface area contributed by atoms with E-state index < -0.39 is 5.54 Å². The molecule has 2 aromatic rings. The lowest BCUT2D eigenvalue weighted by molar-refractivity contribution is -0.135. The van der Waals surface area contributed by atoms with E-state index in [1.165, 1.54) is 0 Å². The zero-order valence-corrected chi connectivity index (χ0v) is 13.1. The van der Waals surface area contributed by atoms with E-state index in [-0.39, 0.29) is 18.2 Å².